The second kappa shape index (κ2) is 7.47. The number of halogens is 1. The minimum Gasteiger partial charge on any atom is -0.382 e. The predicted molar refractivity (Wildman–Crippen MR) is 72.9 cm³/mol. The first-order valence-electron chi connectivity index (χ1n) is 5.40. The first-order valence-corrected chi connectivity index (χ1v) is 6.20. The Morgan fingerprint density at radius 3 is 2.81 bits per heavy atom. The number of para-hydroxylation sites is 1. The van der Waals surface area contributed by atoms with Gasteiger partial charge in [-0.2, -0.15) is 0 Å². The van der Waals surface area contributed by atoms with Gasteiger partial charge in [0, 0.05) is 16.7 Å². The third-order valence-electron chi connectivity index (χ3n) is 2.11. The molecule has 0 aromatic heterocycles. The zero-order valence-electron chi connectivity index (χ0n) is 9.63. The third-order valence-corrected chi connectivity index (χ3v) is 2.80. The zero-order chi connectivity index (χ0) is 11.8. The summed E-state index contributed by atoms with van der Waals surface area (Å²) in [5, 5.41) is 3.31. The lowest BCUT2D eigenvalue weighted by Crippen LogP contribution is -2.10. The quantitative estimate of drug-likeness (QED) is 0.606. The first kappa shape index (κ1) is 13.3. The van der Waals surface area contributed by atoms with Crippen molar-refractivity contribution in [3.63, 3.8) is 0 Å². The molecule has 0 fully saturated rings. The lowest BCUT2D eigenvalue weighted by molar-refractivity contribution is 0.147. The number of hydrogen-bond acceptors (Lipinski definition) is 2. The van der Waals surface area contributed by atoms with Gasteiger partial charge in [-0.15, -0.1) is 6.58 Å². The van der Waals surface area contributed by atoms with Gasteiger partial charge >= 0.3 is 0 Å². The van der Waals surface area contributed by atoms with Crippen LogP contribution in [-0.2, 0) is 4.74 Å². The number of benzene rings is 1. The van der Waals surface area contributed by atoms with Crippen molar-refractivity contribution in [2.75, 3.05) is 25.1 Å². The molecule has 0 amide bonds. The van der Waals surface area contributed by atoms with Crippen molar-refractivity contribution in [2.45, 2.75) is 13.3 Å². The van der Waals surface area contributed by atoms with E-state index in [0.717, 1.165) is 29.7 Å². The number of anilines is 1. The van der Waals surface area contributed by atoms with Gasteiger partial charge in [-0.25, -0.2) is 0 Å². The maximum atomic E-state index is 5.47. The molecule has 1 aromatic carbocycles. The number of rotatable bonds is 7. The molecule has 16 heavy (non-hydrogen) atoms. The van der Waals surface area contributed by atoms with E-state index in [1.807, 2.05) is 31.2 Å². The Balaban J connectivity index is 2.12. The summed E-state index contributed by atoms with van der Waals surface area (Å²) in [6, 6.07) is 8.07. The molecule has 0 aliphatic carbocycles. The van der Waals surface area contributed by atoms with Gasteiger partial charge in [-0.3, -0.25) is 0 Å². The Labute approximate surface area is 106 Å². The van der Waals surface area contributed by atoms with Crippen LogP contribution in [0.3, 0.4) is 0 Å². The fourth-order valence-corrected chi connectivity index (χ4v) is 1.64. The zero-order valence-corrected chi connectivity index (χ0v) is 11.2. The van der Waals surface area contributed by atoms with Gasteiger partial charge in [-0.1, -0.05) is 17.7 Å². The minimum atomic E-state index is 0.717. The SMILES string of the molecule is C=C(C)CCOCCNc1ccccc1Br. The van der Waals surface area contributed by atoms with E-state index in [1.54, 1.807) is 0 Å². The molecule has 0 aliphatic rings. The number of ether oxygens (including phenoxy) is 1. The molecule has 1 aromatic rings. The Morgan fingerprint density at radius 1 is 1.38 bits per heavy atom. The van der Waals surface area contributed by atoms with Crippen molar-refractivity contribution in [2.24, 2.45) is 0 Å². The summed E-state index contributed by atoms with van der Waals surface area (Å²) in [5.41, 5.74) is 2.27. The van der Waals surface area contributed by atoms with E-state index in [4.69, 9.17) is 4.74 Å². The molecule has 0 bridgehead atoms. The van der Waals surface area contributed by atoms with Crippen molar-refractivity contribution in [3.05, 3.63) is 40.9 Å². The van der Waals surface area contributed by atoms with Crippen LogP contribution in [-0.4, -0.2) is 19.8 Å². The third kappa shape index (κ3) is 5.33. The Hall–Kier alpha value is -0.800. The maximum Gasteiger partial charge on any atom is 0.0639 e. The van der Waals surface area contributed by atoms with Crippen LogP contribution in [0.1, 0.15) is 13.3 Å². The normalized spacial score (nSPS) is 10.1. The molecule has 0 unspecified atom stereocenters. The smallest absolute Gasteiger partial charge is 0.0639 e. The van der Waals surface area contributed by atoms with Crippen molar-refractivity contribution >= 4 is 21.6 Å². The van der Waals surface area contributed by atoms with Crippen LogP contribution in [0.2, 0.25) is 0 Å². The van der Waals surface area contributed by atoms with Gasteiger partial charge in [0.1, 0.15) is 0 Å². The molecule has 1 rings (SSSR count). The van der Waals surface area contributed by atoms with Crippen LogP contribution in [0, 0.1) is 0 Å². The largest absolute Gasteiger partial charge is 0.382 e. The molecule has 1 N–H and O–H groups in total. The van der Waals surface area contributed by atoms with Crippen LogP contribution in [0.25, 0.3) is 0 Å². The van der Waals surface area contributed by atoms with E-state index in [0.29, 0.717) is 6.61 Å². The number of nitrogens with one attached hydrogen (secondary N) is 1. The average molecular weight is 284 g/mol. The van der Waals surface area contributed by atoms with Crippen molar-refractivity contribution < 1.29 is 4.74 Å². The highest BCUT2D eigenvalue weighted by Crippen LogP contribution is 2.20. The first-order chi connectivity index (χ1) is 7.70. The Kier molecular flexibility index (Phi) is 6.19. The van der Waals surface area contributed by atoms with Gasteiger partial charge in [-0.05, 0) is 41.4 Å². The van der Waals surface area contributed by atoms with Crippen LogP contribution in [0.5, 0.6) is 0 Å². The Morgan fingerprint density at radius 2 is 2.12 bits per heavy atom. The maximum absolute atomic E-state index is 5.47. The molecule has 88 valence electrons. The molecule has 0 saturated heterocycles. The van der Waals surface area contributed by atoms with Crippen molar-refractivity contribution in [3.8, 4) is 0 Å². The highest BCUT2D eigenvalue weighted by atomic mass is 79.9. The van der Waals surface area contributed by atoms with Gasteiger partial charge in [0.05, 0.1) is 13.2 Å². The van der Waals surface area contributed by atoms with E-state index in [9.17, 15) is 0 Å². The molecule has 2 nitrogen and oxygen atoms in total. The molecular weight excluding hydrogens is 266 g/mol. The van der Waals surface area contributed by atoms with Gasteiger partial charge in [0.2, 0.25) is 0 Å². The number of hydrogen-bond donors (Lipinski definition) is 1. The summed E-state index contributed by atoms with van der Waals surface area (Å²) in [6.45, 7) is 8.14. The second-order valence-corrected chi connectivity index (χ2v) is 4.58. The van der Waals surface area contributed by atoms with Crippen LogP contribution in [0.4, 0.5) is 5.69 Å². The average Bonchev–Trinajstić information content (AvgIpc) is 2.25. The lowest BCUT2D eigenvalue weighted by atomic mass is 10.3. The van der Waals surface area contributed by atoms with E-state index in [-0.39, 0.29) is 0 Å². The summed E-state index contributed by atoms with van der Waals surface area (Å²) >= 11 is 3.48. The summed E-state index contributed by atoms with van der Waals surface area (Å²) in [6.07, 6.45) is 0.940. The summed E-state index contributed by atoms with van der Waals surface area (Å²) in [7, 11) is 0. The van der Waals surface area contributed by atoms with Crippen LogP contribution < -0.4 is 5.32 Å². The fraction of sp³-hybridized carbons (Fsp3) is 0.385. The standard InChI is InChI=1S/C13H18BrNO/c1-11(2)7-9-16-10-8-15-13-6-4-3-5-12(13)14/h3-6,15H,1,7-10H2,2H3. The molecular formula is C13H18BrNO. The highest BCUT2D eigenvalue weighted by molar-refractivity contribution is 9.10. The van der Waals surface area contributed by atoms with E-state index in [1.165, 1.54) is 5.57 Å². The lowest BCUT2D eigenvalue weighted by Gasteiger charge is -2.08. The van der Waals surface area contributed by atoms with Crippen LogP contribution >= 0.6 is 15.9 Å². The topological polar surface area (TPSA) is 21.3 Å². The molecule has 0 aliphatic heterocycles. The van der Waals surface area contributed by atoms with E-state index in [2.05, 4.69) is 27.8 Å². The van der Waals surface area contributed by atoms with Crippen molar-refractivity contribution in [1.82, 2.24) is 0 Å². The molecule has 0 heterocycles. The second-order valence-electron chi connectivity index (χ2n) is 3.73. The van der Waals surface area contributed by atoms with Gasteiger partial charge < -0.3 is 10.1 Å². The summed E-state index contributed by atoms with van der Waals surface area (Å²) in [4.78, 5) is 0. The molecule has 0 atom stereocenters. The van der Waals surface area contributed by atoms with E-state index < -0.39 is 0 Å². The van der Waals surface area contributed by atoms with Gasteiger partial charge in [0.15, 0.2) is 0 Å². The van der Waals surface area contributed by atoms with Gasteiger partial charge in [0.25, 0.3) is 0 Å². The minimum absolute atomic E-state index is 0.717. The summed E-state index contributed by atoms with van der Waals surface area (Å²) in [5.74, 6) is 0. The van der Waals surface area contributed by atoms with Crippen molar-refractivity contribution in [1.29, 1.82) is 0 Å². The fourth-order valence-electron chi connectivity index (χ4n) is 1.21. The molecule has 0 spiro atoms. The summed E-state index contributed by atoms with van der Waals surface area (Å²) < 4.78 is 6.55. The van der Waals surface area contributed by atoms with Crippen LogP contribution in [0.15, 0.2) is 40.9 Å². The monoisotopic (exact) mass is 283 g/mol. The molecule has 0 radical (unpaired) electrons. The van der Waals surface area contributed by atoms with E-state index >= 15 is 0 Å². The predicted octanol–water partition coefficient (Wildman–Crippen LogP) is 3.84. The molecule has 3 heteroatoms. The highest BCUT2D eigenvalue weighted by Gasteiger charge is 1.96. The Bertz CT molecular complexity index is 338. The molecule has 0 saturated carbocycles.